The number of nitrogens with two attached hydrogens (primary N) is 2. The number of hydrogen-bond acceptors (Lipinski definition) is 6. The number of likely N-dealkylation sites (tertiary alicyclic amines) is 2. The molecule has 2 aromatic carbocycles. The van der Waals surface area contributed by atoms with E-state index in [-0.39, 0.29) is 64.7 Å². The number of aliphatic hydroxyl groups is 2. The summed E-state index contributed by atoms with van der Waals surface area (Å²) in [6.45, 7) is 2.79. The largest absolute Gasteiger partial charge is 0.412 e. The van der Waals surface area contributed by atoms with Crippen LogP contribution in [0.15, 0.2) is 48.5 Å². The highest BCUT2D eigenvalue weighted by atomic mass is 35.5. The number of benzene rings is 2. The fraction of sp³-hybridized carbons (Fsp3) is 0.462. The number of amides is 2. The minimum absolute atomic E-state index is 0. The van der Waals surface area contributed by atoms with Gasteiger partial charge in [-0.05, 0) is 61.1 Å². The molecule has 0 saturated carbocycles. The van der Waals surface area contributed by atoms with Crippen LogP contribution in [0.25, 0.3) is 0 Å². The molecule has 0 unspecified atom stereocenters. The summed E-state index contributed by atoms with van der Waals surface area (Å²) >= 11 is 0. The van der Waals surface area contributed by atoms with Gasteiger partial charge in [-0.15, -0.1) is 24.8 Å². The van der Waals surface area contributed by atoms with Gasteiger partial charge in [0.25, 0.3) is 0 Å². The Bertz CT molecular complexity index is 932. The Morgan fingerprint density at radius 3 is 1.10 bits per heavy atom. The first kappa shape index (κ1) is 43.0. The van der Waals surface area contributed by atoms with Gasteiger partial charge in [0.1, 0.15) is 35.9 Å². The third kappa shape index (κ3) is 11.7. The lowest BCUT2D eigenvalue weighted by atomic mass is 10.0. The van der Waals surface area contributed by atoms with Crippen LogP contribution in [0.2, 0.25) is 0 Å². The molecule has 236 valence electrons. The van der Waals surface area contributed by atoms with E-state index in [1.54, 1.807) is 9.80 Å². The van der Waals surface area contributed by atoms with Gasteiger partial charge in [0.2, 0.25) is 11.8 Å². The highest BCUT2D eigenvalue weighted by Gasteiger charge is 2.30. The van der Waals surface area contributed by atoms with Crippen LogP contribution in [-0.4, -0.2) is 86.5 Å². The molecule has 4 rings (SSSR count). The van der Waals surface area contributed by atoms with Crippen LogP contribution in [0.4, 0.5) is 8.78 Å². The molecule has 2 aromatic rings. The molecule has 2 heterocycles. The number of carbonyl (C=O) groups excluding carboxylic acids is 2. The molecular formula is C26H42Cl2F2N4O7. The maximum atomic E-state index is 12.8. The summed E-state index contributed by atoms with van der Waals surface area (Å²) in [4.78, 5) is 27.3. The Morgan fingerprint density at radius 1 is 0.610 bits per heavy atom. The molecule has 12 N–H and O–H groups in total. The monoisotopic (exact) mass is 630 g/mol. The van der Waals surface area contributed by atoms with Crippen LogP contribution in [-0.2, 0) is 9.59 Å². The normalized spacial score (nSPS) is 16.4. The third-order valence-electron chi connectivity index (χ3n) is 6.51. The van der Waals surface area contributed by atoms with E-state index in [0.717, 1.165) is 25.7 Å². The van der Waals surface area contributed by atoms with Gasteiger partial charge in [0.05, 0.1) is 0 Å². The maximum absolute atomic E-state index is 12.8. The van der Waals surface area contributed by atoms with Gasteiger partial charge in [0.15, 0.2) is 0 Å². The Hall–Kier alpha value is -2.46. The smallest absolute Gasteiger partial charge is 0.242 e. The van der Waals surface area contributed by atoms with Crippen LogP contribution < -0.4 is 11.5 Å². The molecule has 2 fully saturated rings. The molecule has 2 amide bonds. The Kier molecular flexibility index (Phi) is 21.4. The number of carbonyl (C=O) groups is 2. The van der Waals surface area contributed by atoms with Crippen LogP contribution >= 0.6 is 24.8 Å². The number of nitrogens with zero attached hydrogens (tertiary/aromatic N) is 2. The van der Waals surface area contributed by atoms with Gasteiger partial charge in [-0.1, -0.05) is 24.3 Å². The zero-order valence-electron chi connectivity index (χ0n) is 22.4. The second kappa shape index (κ2) is 20.4. The molecule has 0 radical (unpaired) electrons. The van der Waals surface area contributed by atoms with E-state index in [0.29, 0.717) is 37.3 Å². The van der Waals surface area contributed by atoms with E-state index in [4.69, 9.17) is 11.5 Å². The Labute approximate surface area is 250 Å². The predicted molar refractivity (Wildman–Crippen MR) is 156 cm³/mol. The van der Waals surface area contributed by atoms with Gasteiger partial charge in [-0.25, -0.2) is 8.78 Å². The second-order valence-corrected chi connectivity index (χ2v) is 9.11. The SMILES string of the molecule is Cl.Cl.N[C@@H](C(=O)N1CCCC1)[C@@H](O)c1ccc(F)cc1.N[C@@H](C(=O)N1CCCC1)[C@@H](O)c1ccc(F)cc1.O.O.O. The molecule has 2 aliphatic rings. The minimum atomic E-state index is -1.10. The van der Waals surface area contributed by atoms with Crippen molar-refractivity contribution >= 4 is 36.6 Å². The van der Waals surface area contributed by atoms with Crippen LogP contribution in [0.3, 0.4) is 0 Å². The van der Waals surface area contributed by atoms with Gasteiger partial charge in [-0.3, -0.25) is 9.59 Å². The average molecular weight is 632 g/mol. The van der Waals surface area contributed by atoms with Gasteiger partial charge in [0, 0.05) is 26.2 Å². The summed E-state index contributed by atoms with van der Waals surface area (Å²) in [5.41, 5.74) is 12.5. The summed E-state index contributed by atoms with van der Waals surface area (Å²) in [7, 11) is 0. The molecule has 4 atom stereocenters. The minimum Gasteiger partial charge on any atom is -0.412 e. The van der Waals surface area contributed by atoms with Gasteiger partial charge in [-0.2, -0.15) is 0 Å². The summed E-state index contributed by atoms with van der Waals surface area (Å²) < 4.78 is 25.5. The molecular weight excluding hydrogens is 589 g/mol. The van der Waals surface area contributed by atoms with Crippen LogP contribution in [0.5, 0.6) is 0 Å². The van der Waals surface area contributed by atoms with E-state index in [2.05, 4.69) is 0 Å². The highest BCUT2D eigenvalue weighted by Crippen LogP contribution is 2.20. The second-order valence-electron chi connectivity index (χ2n) is 9.11. The molecule has 41 heavy (non-hydrogen) atoms. The number of aliphatic hydroxyl groups excluding tert-OH is 2. The van der Waals surface area contributed by atoms with Crippen molar-refractivity contribution in [3.63, 3.8) is 0 Å². The van der Waals surface area contributed by atoms with Crippen molar-refractivity contribution in [1.29, 1.82) is 0 Å². The standard InChI is InChI=1S/2C13H17FN2O2.2ClH.3H2O/c2*14-10-5-3-9(4-6-10)12(17)11(15)13(18)16-7-1-2-8-16;;;;;/h2*3-6,11-12,17H,1-2,7-8,15H2;2*1H;3*1H2/t2*11-,12+;;;;;/m11...../s1. The summed E-state index contributed by atoms with van der Waals surface area (Å²) in [5, 5.41) is 20.0. The molecule has 0 aromatic heterocycles. The molecule has 2 saturated heterocycles. The number of hydrogen-bond donors (Lipinski definition) is 4. The summed E-state index contributed by atoms with van der Waals surface area (Å²) in [5.74, 6) is -1.26. The first-order valence-corrected chi connectivity index (χ1v) is 12.1. The summed E-state index contributed by atoms with van der Waals surface area (Å²) in [6.07, 6.45) is 1.71. The zero-order chi connectivity index (χ0) is 26.2. The topological polar surface area (TPSA) is 228 Å². The zero-order valence-corrected chi connectivity index (χ0v) is 24.1. The summed E-state index contributed by atoms with van der Waals surface area (Å²) in [6, 6.07) is 8.75. The van der Waals surface area contributed by atoms with Gasteiger partial charge < -0.3 is 47.9 Å². The van der Waals surface area contributed by atoms with Crippen molar-refractivity contribution in [3.8, 4) is 0 Å². The number of rotatable bonds is 6. The lowest BCUT2D eigenvalue weighted by molar-refractivity contribution is -0.135. The molecule has 0 bridgehead atoms. The van der Waals surface area contributed by atoms with Crippen molar-refractivity contribution in [1.82, 2.24) is 9.80 Å². The predicted octanol–water partition coefficient (Wildman–Crippen LogP) is -0.0129. The molecule has 0 aliphatic carbocycles. The fourth-order valence-corrected chi connectivity index (χ4v) is 4.30. The molecule has 15 heteroatoms. The van der Waals surface area contributed by atoms with Crippen LogP contribution in [0.1, 0.15) is 49.0 Å². The number of halogens is 4. The average Bonchev–Trinajstić information content (AvgIpc) is 3.62. The molecule has 2 aliphatic heterocycles. The fourth-order valence-electron chi connectivity index (χ4n) is 4.30. The van der Waals surface area contributed by atoms with E-state index >= 15 is 0 Å². The maximum Gasteiger partial charge on any atom is 0.242 e. The van der Waals surface area contributed by atoms with Gasteiger partial charge >= 0.3 is 0 Å². The van der Waals surface area contributed by atoms with Crippen molar-refractivity contribution in [2.24, 2.45) is 11.5 Å². The molecule has 11 nitrogen and oxygen atoms in total. The van der Waals surface area contributed by atoms with E-state index in [1.807, 2.05) is 0 Å². The first-order valence-electron chi connectivity index (χ1n) is 12.1. The van der Waals surface area contributed by atoms with Crippen molar-refractivity contribution < 1.29 is 45.0 Å². The van der Waals surface area contributed by atoms with Crippen molar-refractivity contribution in [2.45, 2.75) is 50.0 Å². The Morgan fingerprint density at radius 2 is 0.854 bits per heavy atom. The van der Waals surface area contributed by atoms with E-state index in [9.17, 15) is 28.6 Å². The van der Waals surface area contributed by atoms with Crippen LogP contribution in [0, 0.1) is 11.6 Å². The third-order valence-corrected chi connectivity index (χ3v) is 6.51. The first-order chi connectivity index (χ1) is 17.2. The lowest BCUT2D eigenvalue weighted by Gasteiger charge is -2.24. The highest BCUT2D eigenvalue weighted by molar-refractivity contribution is 5.85. The quantitative estimate of drug-likeness (QED) is 0.342. The molecule has 0 spiro atoms. The Balaban J connectivity index is -0.000000628. The lowest BCUT2D eigenvalue weighted by Crippen LogP contribution is -2.45. The van der Waals surface area contributed by atoms with Crippen molar-refractivity contribution in [3.05, 3.63) is 71.3 Å². The van der Waals surface area contributed by atoms with E-state index in [1.165, 1.54) is 48.5 Å². The van der Waals surface area contributed by atoms with E-state index < -0.39 is 24.3 Å². The van der Waals surface area contributed by atoms with Crippen molar-refractivity contribution in [2.75, 3.05) is 26.2 Å².